The standard InChI is InChI=1S/C4HN5.Rb/c5-1-3-4(2-6)8-9-7-3;/h(H-,7,8,9);/q;+1. The van der Waals surface area contributed by atoms with Gasteiger partial charge < -0.3 is 0 Å². The summed E-state index contributed by atoms with van der Waals surface area (Å²) in [5.41, 5.74) is 0.0787. The Hall–Kier alpha value is -0.0748. The third-order valence-corrected chi connectivity index (χ3v) is 0.760. The van der Waals surface area contributed by atoms with Gasteiger partial charge in [-0.15, -0.1) is 0 Å². The number of nitrogens with zero attached hydrogens (tertiary/aromatic N) is 4. The minimum Gasteiger partial charge on any atom is -0.193 e. The molecule has 1 aromatic rings. The zero-order valence-corrected chi connectivity index (χ0v) is 10.2. The van der Waals surface area contributed by atoms with Crippen molar-refractivity contribution in [1.29, 1.82) is 10.5 Å². The molecule has 0 saturated carbocycles. The Bertz CT molecular complexity index is 261. The maximum Gasteiger partial charge on any atom is 1.00 e. The first-order valence-corrected chi connectivity index (χ1v) is 2.09. The summed E-state index contributed by atoms with van der Waals surface area (Å²) in [6.07, 6.45) is 0. The molecule has 0 saturated heterocycles. The van der Waals surface area contributed by atoms with Gasteiger partial charge in [0.05, 0.1) is 0 Å². The number of H-pyrrole nitrogens is 1. The van der Waals surface area contributed by atoms with E-state index in [-0.39, 0.29) is 69.6 Å². The molecule has 0 amide bonds. The molecular formula is C4HN5Rb+. The first kappa shape index (κ1) is 9.93. The van der Waals surface area contributed by atoms with Gasteiger partial charge in [0, 0.05) is 0 Å². The Morgan fingerprint density at radius 2 is 2.10 bits per heavy atom. The summed E-state index contributed by atoms with van der Waals surface area (Å²) in [6.45, 7) is 0. The van der Waals surface area contributed by atoms with Crippen molar-refractivity contribution in [2.45, 2.75) is 0 Å². The summed E-state index contributed by atoms with van der Waals surface area (Å²) in [6, 6.07) is 3.40. The van der Waals surface area contributed by atoms with Gasteiger partial charge in [0.25, 0.3) is 0 Å². The van der Waals surface area contributed by atoms with Gasteiger partial charge in [-0.2, -0.15) is 25.9 Å². The van der Waals surface area contributed by atoms with Crippen LogP contribution in [0.25, 0.3) is 0 Å². The molecule has 1 N–H and O–H groups in total. The first-order chi connectivity index (χ1) is 4.38. The first-order valence-electron chi connectivity index (χ1n) is 2.09. The number of hydrogen-bond donors (Lipinski definition) is 0. The average molecular weight is 205 g/mol. The Morgan fingerprint density at radius 3 is 2.50 bits per heavy atom. The molecule has 0 aliphatic carbocycles. The van der Waals surface area contributed by atoms with Crippen LogP contribution in [0, 0.1) is 22.7 Å². The van der Waals surface area contributed by atoms with Crippen LogP contribution in [0.1, 0.15) is 11.4 Å². The maximum atomic E-state index is 8.21. The zero-order chi connectivity index (χ0) is 6.69. The molecule has 6 heteroatoms. The zero-order valence-electron chi connectivity index (χ0n) is 5.29. The van der Waals surface area contributed by atoms with Crippen LogP contribution in [0.4, 0.5) is 0 Å². The van der Waals surface area contributed by atoms with E-state index in [4.69, 9.17) is 10.5 Å². The number of rotatable bonds is 0. The van der Waals surface area contributed by atoms with E-state index in [9.17, 15) is 0 Å². The molecule has 0 aliphatic rings. The minimum absolute atomic E-state index is 0. The van der Waals surface area contributed by atoms with Crippen LogP contribution in [0.3, 0.4) is 0 Å². The van der Waals surface area contributed by atoms with Crippen molar-refractivity contribution in [1.82, 2.24) is 10.2 Å². The normalized spacial score (nSPS) is 7.00. The van der Waals surface area contributed by atoms with Crippen molar-refractivity contribution >= 4 is 0 Å². The van der Waals surface area contributed by atoms with E-state index >= 15 is 0 Å². The summed E-state index contributed by atoms with van der Waals surface area (Å²) in [5.74, 6) is 0. The summed E-state index contributed by atoms with van der Waals surface area (Å²) >= 11 is 0. The van der Waals surface area contributed by atoms with Gasteiger partial charge in [0.1, 0.15) is 23.5 Å². The van der Waals surface area contributed by atoms with Crippen LogP contribution in [-0.2, 0) is 0 Å². The third-order valence-electron chi connectivity index (χ3n) is 0.760. The molecule has 1 rings (SSSR count). The van der Waals surface area contributed by atoms with Crippen LogP contribution < -0.4 is 68.5 Å². The second-order valence-corrected chi connectivity index (χ2v) is 1.24. The molecule has 10 heavy (non-hydrogen) atoms. The molecule has 0 aromatic carbocycles. The van der Waals surface area contributed by atoms with Crippen molar-refractivity contribution in [2.75, 3.05) is 0 Å². The van der Waals surface area contributed by atoms with Crippen LogP contribution in [0.15, 0.2) is 0 Å². The molecule has 0 unspecified atom stereocenters. The van der Waals surface area contributed by atoms with E-state index in [0.717, 1.165) is 0 Å². The van der Waals surface area contributed by atoms with Gasteiger partial charge in [-0.25, -0.2) is 0 Å². The Morgan fingerprint density at radius 1 is 1.40 bits per heavy atom. The van der Waals surface area contributed by atoms with Crippen molar-refractivity contribution < 1.29 is 63.4 Å². The summed E-state index contributed by atoms with van der Waals surface area (Å²) in [5, 5.41) is 25.4. The Labute approximate surface area is 106 Å². The molecule has 0 spiro atoms. The van der Waals surface area contributed by atoms with Gasteiger partial charge in [0.15, 0.2) is 0 Å². The predicted octanol–water partition coefficient (Wildman–Crippen LogP) is -4.40. The molecule has 0 atom stereocenters. The van der Waals surface area contributed by atoms with Gasteiger partial charge in [-0.3, -0.25) is 0 Å². The van der Waals surface area contributed by atoms with E-state index < -0.39 is 0 Å². The van der Waals surface area contributed by atoms with Crippen molar-refractivity contribution in [3.05, 3.63) is 11.4 Å². The van der Waals surface area contributed by atoms with E-state index in [1.807, 2.05) is 0 Å². The van der Waals surface area contributed by atoms with E-state index in [1.165, 1.54) is 0 Å². The Balaban J connectivity index is 0.000000810. The second-order valence-electron chi connectivity index (χ2n) is 1.24. The van der Waals surface area contributed by atoms with Crippen molar-refractivity contribution in [2.24, 2.45) is 0 Å². The number of hydrogen-bond acceptors (Lipinski definition) is 3. The fourth-order valence-electron chi connectivity index (χ4n) is 0.387. The maximum absolute atomic E-state index is 8.21. The largest absolute Gasteiger partial charge is 1.00 e. The van der Waals surface area contributed by atoms with E-state index in [0.29, 0.717) is 0 Å². The second kappa shape index (κ2) is 4.70. The average Bonchev–Trinajstić information content (AvgIpc) is 2.33. The SMILES string of the molecule is N#Cc1n[nH+][n-]c1C#N.[Rb+]. The fourth-order valence-corrected chi connectivity index (χ4v) is 0.387. The van der Waals surface area contributed by atoms with Gasteiger partial charge in [-0.05, 0) is 0 Å². The molecule has 0 aliphatic heterocycles. The van der Waals surface area contributed by atoms with E-state index in [2.05, 4.69) is 15.4 Å². The van der Waals surface area contributed by atoms with Crippen LogP contribution in [0.2, 0.25) is 0 Å². The molecule has 0 fully saturated rings. The number of aromatic nitrogens is 3. The minimum atomic E-state index is 0. The van der Waals surface area contributed by atoms with Gasteiger partial charge in [-0.1, -0.05) is 0 Å². The third kappa shape index (κ3) is 1.96. The van der Waals surface area contributed by atoms with Gasteiger partial charge >= 0.3 is 58.2 Å². The molecule has 0 radical (unpaired) electrons. The van der Waals surface area contributed by atoms with Crippen LogP contribution in [0.5, 0.6) is 0 Å². The monoisotopic (exact) mass is 204 g/mol. The van der Waals surface area contributed by atoms with Crippen molar-refractivity contribution in [3.63, 3.8) is 0 Å². The molecule has 1 aromatic heterocycles. The predicted molar refractivity (Wildman–Crippen MR) is 23.5 cm³/mol. The molecule has 0 bridgehead atoms. The van der Waals surface area contributed by atoms with Gasteiger partial charge in [0.2, 0.25) is 0 Å². The molecule has 5 nitrogen and oxygen atoms in total. The van der Waals surface area contributed by atoms with E-state index in [1.54, 1.807) is 12.1 Å². The topological polar surface area (TPSA) is 88.7 Å². The summed E-state index contributed by atoms with van der Waals surface area (Å²) < 4.78 is 0. The summed E-state index contributed by atoms with van der Waals surface area (Å²) in [7, 11) is 0. The fraction of sp³-hybridized carbons (Fsp3) is 0. The number of nitrogens with one attached hydrogen (secondary N) is 1. The Kier molecular flexibility index (Phi) is 4.66. The van der Waals surface area contributed by atoms with Crippen LogP contribution >= 0.6 is 0 Å². The van der Waals surface area contributed by atoms with Crippen molar-refractivity contribution in [3.8, 4) is 12.1 Å². The number of nitriles is 2. The summed E-state index contributed by atoms with van der Waals surface area (Å²) in [4.78, 5) is 0. The number of aromatic amines is 1. The molecule has 1 heterocycles. The van der Waals surface area contributed by atoms with Crippen LogP contribution in [-0.4, -0.2) is 5.10 Å². The molecule has 42 valence electrons. The smallest absolute Gasteiger partial charge is 0.193 e. The quantitative estimate of drug-likeness (QED) is 0.427. The molecular weight excluding hydrogens is 204 g/mol.